The minimum absolute atomic E-state index is 0.441. The molecule has 4 nitrogen and oxygen atoms in total. The molecule has 86 valence electrons. The van der Waals surface area contributed by atoms with Crippen LogP contribution in [0.15, 0.2) is 29.1 Å². The van der Waals surface area contributed by atoms with Gasteiger partial charge in [0, 0.05) is 30.9 Å². The van der Waals surface area contributed by atoms with Gasteiger partial charge in [-0.2, -0.15) is 0 Å². The van der Waals surface area contributed by atoms with Crippen LogP contribution in [-0.4, -0.2) is 9.55 Å². The lowest BCUT2D eigenvalue weighted by molar-refractivity contribution is 0.507. The summed E-state index contributed by atoms with van der Waals surface area (Å²) in [5.74, 6) is 1.92. The molecule has 0 aliphatic heterocycles. The summed E-state index contributed by atoms with van der Waals surface area (Å²) < 4.78 is 7.47. The Balaban J connectivity index is 2.17. The van der Waals surface area contributed by atoms with E-state index in [4.69, 9.17) is 10.2 Å². The highest BCUT2D eigenvalue weighted by Gasteiger charge is 2.09. The van der Waals surface area contributed by atoms with E-state index in [2.05, 4.69) is 16.5 Å². The lowest BCUT2D eigenvalue weighted by Gasteiger charge is -2.05. The third kappa shape index (κ3) is 2.17. The van der Waals surface area contributed by atoms with Crippen molar-refractivity contribution in [1.82, 2.24) is 9.55 Å². The molecule has 0 radical (unpaired) electrons. The zero-order valence-corrected chi connectivity index (χ0v) is 9.52. The minimum Gasteiger partial charge on any atom is -0.468 e. The Morgan fingerprint density at radius 1 is 1.50 bits per heavy atom. The average Bonchev–Trinajstić information content (AvgIpc) is 2.89. The van der Waals surface area contributed by atoms with Crippen molar-refractivity contribution >= 4 is 0 Å². The molecule has 16 heavy (non-hydrogen) atoms. The molecule has 2 aromatic heterocycles. The van der Waals surface area contributed by atoms with Gasteiger partial charge in [-0.05, 0) is 12.5 Å². The summed E-state index contributed by atoms with van der Waals surface area (Å²) in [6.45, 7) is 3.61. The highest BCUT2D eigenvalue weighted by molar-refractivity contribution is 5.21. The predicted molar refractivity (Wildman–Crippen MR) is 61.9 cm³/mol. The monoisotopic (exact) mass is 219 g/mol. The molecular formula is C12H17N3O. The van der Waals surface area contributed by atoms with Crippen molar-refractivity contribution in [2.45, 2.75) is 32.9 Å². The van der Waals surface area contributed by atoms with Gasteiger partial charge in [-0.15, -0.1) is 0 Å². The standard InChI is InChI=1S/C12H17N3O/c1-2-5-15-6-4-14-12(15)8-10-3-7-16-11(10)9-13/h3-4,6-7H,2,5,8-9,13H2,1H3. The molecule has 0 aliphatic carbocycles. The van der Waals surface area contributed by atoms with Crippen molar-refractivity contribution in [3.05, 3.63) is 41.9 Å². The Kier molecular flexibility index (Phi) is 3.41. The first-order valence-electron chi connectivity index (χ1n) is 5.60. The van der Waals surface area contributed by atoms with Crippen LogP contribution in [0.2, 0.25) is 0 Å². The summed E-state index contributed by atoms with van der Waals surface area (Å²) in [4.78, 5) is 4.37. The van der Waals surface area contributed by atoms with E-state index in [1.807, 2.05) is 18.5 Å². The van der Waals surface area contributed by atoms with Crippen LogP contribution in [0.25, 0.3) is 0 Å². The lowest BCUT2D eigenvalue weighted by atomic mass is 10.1. The van der Waals surface area contributed by atoms with Gasteiger partial charge in [0.1, 0.15) is 11.6 Å². The summed E-state index contributed by atoms with van der Waals surface area (Å²) in [7, 11) is 0. The van der Waals surface area contributed by atoms with Crippen LogP contribution in [0.5, 0.6) is 0 Å². The quantitative estimate of drug-likeness (QED) is 0.836. The first kappa shape index (κ1) is 11.0. The predicted octanol–water partition coefficient (Wildman–Crippen LogP) is 1.94. The Hall–Kier alpha value is -1.55. The molecule has 0 spiro atoms. The van der Waals surface area contributed by atoms with E-state index in [9.17, 15) is 0 Å². The van der Waals surface area contributed by atoms with Gasteiger partial charge in [0.05, 0.1) is 12.8 Å². The van der Waals surface area contributed by atoms with Crippen molar-refractivity contribution < 1.29 is 4.42 Å². The SMILES string of the molecule is CCCn1ccnc1Cc1ccoc1CN. The van der Waals surface area contributed by atoms with Crippen LogP contribution in [0.4, 0.5) is 0 Å². The maximum atomic E-state index is 5.60. The zero-order chi connectivity index (χ0) is 11.4. The maximum Gasteiger partial charge on any atom is 0.120 e. The summed E-state index contributed by atoms with van der Waals surface area (Å²) >= 11 is 0. The van der Waals surface area contributed by atoms with Crippen LogP contribution >= 0.6 is 0 Å². The Labute approximate surface area is 95.1 Å². The molecule has 0 unspecified atom stereocenters. The molecule has 2 rings (SSSR count). The molecule has 0 saturated heterocycles. The van der Waals surface area contributed by atoms with E-state index >= 15 is 0 Å². The molecular weight excluding hydrogens is 202 g/mol. The first-order chi connectivity index (χ1) is 7.85. The number of nitrogens with zero attached hydrogens (tertiary/aromatic N) is 2. The van der Waals surface area contributed by atoms with Gasteiger partial charge in [0.2, 0.25) is 0 Å². The van der Waals surface area contributed by atoms with E-state index in [0.29, 0.717) is 6.54 Å². The third-order valence-electron chi connectivity index (χ3n) is 2.64. The number of hydrogen-bond acceptors (Lipinski definition) is 3. The average molecular weight is 219 g/mol. The van der Waals surface area contributed by atoms with Gasteiger partial charge >= 0.3 is 0 Å². The van der Waals surface area contributed by atoms with Gasteiger partial charge in [0.15, 0.2) is 0 Å². The fourth-order valence-electron chi connectivity index (χ4n) is 1.83. The maximum absolute atomic E-state index is 5.60. The summed E-state index contributed by atoms with van der Waals surface area (Å²) in [6.07, 6.45) is 7.44. The number of aryl methyl sites for hydroxylation is 1. The van der Waals surface area contributed by atoms with Gasteiger partial charge in [-0.3, -0.25) is 0 Å². The number of rotatable bonds is 5. The number of hydrogen-bond donors (Lipinski definition) is 1. The van der Waals surface area contributed by atoms with Crippen molar-refractivity contribution in [3.8, 4) is 0 Å². The molecule has 2 N–H and O–H groups in total. The molecule has 0 atom stereocenters. The summed E-state index contributed by atoms with van der Waals surface area (Å²) in [5.41, 5.74) is 6.73. The molecule has 0 fully saturated rings. The topological polar surface area (TPSA) is 57.0 Å². The lowest BCUT2D eigenvalue weighted by Crippen LogP contribution is -2.05. The van der Waals surface area contributed by atoms with Crippen LogP contribution < -0.4 is 5.73 Å². The number of furan rings is 1. The van der Waals surface area contributed by atoms with Crippen LogP contribution in [0.1, 0.15) is 30.5 Å². The third-order valence-corrected chi connectivity index (χ3v) is 2.64. The number of nitrogens with two attached hydrogens (primary N) is 1. The highest BCUT2D eigenvalue weighted by Crippen LogP contribution is 2.14. The van der Waals surface area contributed by atoms with E-state index in [0.717, 1.165) is 36.5 Å². The molecule has 0 aliphatic rings. The zero-order valence-electron chi connectivity index (χ0n) is 9.52. The molecule has 0 bridgehead atoms. The second kappa shape index (κ2) is 4.99. The molecule has 4 heteroatoms. The van der Waals surface area contributed by atoms with Crippen molar-refractivity contribution in [3.63, 3.8) is 0 Å². The van der Waals surface area contributed by atoms with Crippen molar-refractivity contribution in [1.29, 1.82) is 0 Å². The summed E-state index contributed by atoms with van der Waals surface area (Å²) in [6, 6.07) is 1.97. The highest BCUT2D eigenvalue weighted by atomic mass is 16.3. The largest absolute Gasteiger partial charge is 0.468 e. The molecule has 2 heterocycles. The van der Waals surface area contributed by atoms with E-state index in [-0.39, 0.29) is 0 Å². The Morgan fingerprint density at radius 3 is 3.12 bits per heavy atom. The number of aromatic nitrogens is 2. The van der Waals surface area contributed by atoms with Gasteiger partial charge in [-0.25, -0.2) is 4.98 Å². The minimum atomic E-state index is 0.441. The fourth-order valence-corrected chi connectivity index (χ4v) is 1.83. The summed E-state index contributed by atoms with van der Waals surface area (Å²) in [5, 5.41) is 0. The van der Waals surface area contributed by atoms with Crippen molar-refractivity contribution in [2.75, 3.05) is 0 Å². The van der Waals surface area contributed by atoms with Crippen molar-refractivity contribution in [2.24, 2.45) is 5.73 Å². The normalized spacial score (nSPS) is 10.9. The molecule has 0 saturated carbocycles. The van der Waals surface area contributed by atoms with Gasteiger partial charge in [0.25, 0.3) is 0 Å². The fraction of sp³-hybridized carbons (Fsp3) is 0.417. The first-order valence-corrected chi connectivity index (χ1v) is 5.60. The van der Waals surface area contributed by atoms with E-state index in [1.165, 1.54) is 0 Å². The van der Waals surface area contributed by atoms with E-state index < -0.39 is 0 Å². The second-order valence-corrected chi connectivity index (χ2v) is 3.79. The second-order valence-electron chi connectivity index (χ2n) is 3.79. The Morgan fingerprint density at radius 2 is 2.38 bits per heavy atom. The van der Waals surface area contributed by atoms with Gasteiger partial charge in [-0.1, -0.05) is 6.92 Å². The van der Waals surface area contributed by atoms with Gasteiger partial charge < -0.3 is 14.7 Å². The van der Waals surface area contributed by atoms with Crippen LogP contribution in [-0.2, 0) is 19.5 Å². The smallest absolute Gasteiger partial charge is 0.120 e. The van der Waals surface area contributed by atoms with E-state index in [1.54, 1.807) is 6.26 Å². The number of imidazole rings is 1. The molecule has 2 aromatic rings. The van der Waals surface area contributed by atoms with Crippen LogP contribution in [0.3, 0.4) is 0 Å². The van der Waals surface area contributed by atoms with Crippen LogP contribution in [0, 0.1) is 0 Å². The molecule has 0 aromatic carbocycles. The molecule has 0 amide bonds. The Bertz CT molecular complexity index is 445.